The van der Waals surface area contributed by atoms with Gasteiger partial charge in [0.2, 0.25) is 0 Å². The number of rotatable bonds is 8. The average Bonchev–Trinajstić information content (AvgIpc) is 2.45. The van der Waals surface area contributed by atoms with Crippen molar-refractivity contribution in [2.45, 2.75) is 33.1 Å². The van der Waals surface area contributed by atoms with Crippen molar-refractivity contribution in [3.8, 4) is 0 Å². The lowest BCUT2D eigenvalue weighted by Gasteiger charge is -2.11. The minimum atomic E-state index is 0.374. The van der Waals surface area contributed by atoms with Crippen LogP contribution in [-0.2, 0) is 4.74 Å². The van der Waals surface area contributed by atoms with E-state index >= 15 is 0 Å². The van der Waals surface area contributed by atoms with Crippen LogP contribution < -0.4 is 11.1 Å². The lowest BCUT2D eigenvalue weighted by Crippen LogP contribution is -2.33. The second-order valence-corrected chi connectivity index (χ2v) is 5.01. The molecule has 0 amide bonds. The molecule has 3 N–H and O–H groups in total. The van der Waals surface area contributed by atoms with Gasteiger partial charge in [-0.15, -0.1) is 0 Å². The predicted octanol–water partition coefficient (Wildman–Crippen LogP) is 2.43. The van der Waals surface area contributed by atoms with E-state index in [2.05, 4.69) is 48.4 Å². The minimum Gasteiger partial charge on any atom is -0.382 e. The number of nitrogens with two attached hydrogens (primary N) is 1. The zero-order chi connectivity index (χ0) is 14.8. The molecule has 0 aliphatic heterocycles. The maximum Gasteiger partial charge on any atom is 0.188 e. The number of guanidine groups is 1. The smallest absolute Gasteiger partial charge is 0.188 e. The Hall–Kier alpha value is -1.55. The molecule has 1 atom stereocenters. The number of hydrogen-bond acceptors (Lipinski definition) is 2. The lowest BCUT2D eigenvalue weighted by atomic mass is 10.0. The highest BCUT2D eigenvalue weighted by molar-refractivity contribution is 5.77. The van der Waals surface area contributed by atoms with E-state index in [1.54, 1.807) is 0 Å². The first-order chi connectivity index (χ1) is 9.63. The number of benzene rings is 1. The van der Waals surface area contributed by atoms with Gasteiger partial charge >= 0.3 is 0 Å². The molecule has 1 unspecified atom stereocenters. The molecule has 4 heteroatoms. The van der Waals surface area contributed by atoms with E-state index in [0.29, 0.717) is 18.4 Å². The molecule has 0 saturated heterocycles. The Kier molecular flexibility index (Phi) is 7.73. The summed E-state index contributed by atoms with van der Waals surface area (Å²) in [6.45, 7) is 9.28. The Morgan fingerprint density at radius 2 is 2.05 bits per heavy atom. The van der Waals surface area contributed by atoms with Crippen LogP contribution in [0.1, 0.15) is 37.3 Å². The van der Waals surface area contributed by atoms with E-state index in [1.807, 2.05) is 6.92 Å². The molecule has 0 fully saturated rings. The minimum absolute atomic E-state index is 0.374. The molecular weight excluding hydrogens is 250 g/mol. The summed E-state index contributed by atoms with van der Waals surface area (Å²) in [6.07, 6.45) is 0.942. The Bertz CT molecular complexity index is 401. The number of nitrogens with one attached hydrogen (secondary N) is 1. The summed E-state index contributed by atoms with van der Waals surface area (Å²) < 4.78 is 5.26. The highest BCUT2D eigenvalue weighted by Gasteiger charge is 2.04. The van der Waals surface area contributed by atoms with Crippen LogP contribution in [0.25, 0.3) is 0 Å². The maximum atomic E-state index is 5.84. The first-order valence-corrected chi connectivity index (χ1v) is 7.31. The molecule has 0 bridgehead atoms. The van der Waals surface area contributed by atoms with Gasteiger partial charge in [-0.1, -0.05) is 36.8 Å². The van der Waals surface area contributed by atoms with Crippen LogP contribution in [0.2, 0.25) is 0 Å². The number of hydrogen-bond donors (Lipinski definition) is 2. The molecule has 0 aromatic heterocycles. The topological polar surface area (TPSA) is 59.6 Å². The van der Waals surface area contributed by atoms with E-state index in [0.717, 1.165) is 26.2 Å². The van der Waals surface area contributed by atoms with Crippen LogP contribution >= 0.6 is 0 Å². The standard InChI is InChI=1S/C16H27N3O/c1-4-20-11-5-10-18-16(17)19-12-14(3)15-8-6-13(2)7-9-15/h6-9,14H,4-5,10-12H2,1-3H3,(H3,17,18,19). The molecule has 112 valence electrons. The van der Waals surface area contributed by atoms with Crippen molar-refractivity contribution in [3.63, 3.8) is 0 Å². The van der Waals surface area contributed by atoms with E-state index in [4.69, 9.17) is 10.5 Å². The van der Waals surface area contributed by atoms with Gasteiger partial charge in [-0.05, 0) is 25.8 Å². The fourth-order valence-electron chi connectivity index (χ4n) is 1.83. The molecule has 0 heterocycles. The third-order valence-corrected chi connectivity index (χ3v) is 3.16. The average molecular weight is 277 g/mol. The van der Waals surface area contributed by atoms with Crippen molar-refractivity contribution < 1.29 is 4.74 Å². The van der Waals surface area contributed by atoms with Crippen molar-refractivity contribution in [2.24, 2.45) is 10.7 Å². The zero-order valence-electron chi connectivity index (χ0n) is 12.9. The van der Waals surface area contributed by atoms with Gasteiger partial charge in [-0.25, -0.2) is 0 Å². The maximum absolute atomic E-state index is 5.84. The molecule has 0 aliphatic carbocycles. The summed E-state index contributed by atoms with van der Waals surface area (Å²) in [6, 6.07) is 8.57. The highest BCUT2D eigenvalue weighted by atomic mass is 16.5. The van der Waals surface area contributed by atoms with Crippen LogP contribution in [0, 0.1) is 6.92 Å². The van der Waals surface area contributed by atoms with Gasteiger partial charge < -0.3 is 15.8 Å². The van der Waals surface area contributed by atoms with Crippen LogP contribution in [0.3, 0.4) is 0 Å². The van der Waals surface area contributed by atoms with E-state index in [9.17, 15) is 0 Å². The van der Waals surface area contributed by atoms with E-state index in [-0.39, 0.29) is 0 Å². The molecule has 4 nitrogen and oxygen atoms in total. The molecule has 20 heavy (non-hydrogen) atoms. The van der Waals surface area contributed by atoms with Gasteiger partial charge in [0.05, 0.1) is 0 Å². The van der Waals surface area contributed by atoms with Gasteiger partial charge in [-0.2, -0.15) is 0 Å². The molecule has 0 spiro atoms. The summed E-state index contributed by atoms with van der Waals surface area (Å²) in [4.78, 5) is 4.38. The monoisotopic (exact) mass is 277 g/mol. The number of aliphatic imine (C=N–C) groups is 1. The van der Waals surface area contributed by atoms with Crippen molar-refractivity contribution in [1.82, 2.24) is 5.32 Å². The van der Waals surface area contributed by atoms with Crippen molar-refractivity contribution in [1.29, 1.82) is 0 Å². The number of aryl methyl sites for hydroxylation is 1. The number of ether oxygens (including phenoxy) is 1. The van der Waals surface area contributed by atoms with Gasteiger partial charge in [0.1, 0.15) is 0 Å². The first kappa shape index (κ1) is 16.5. The predicted molar refractivity (Wildman–Crippen MR) is 85.2 cm³/mol. The third kappa shape index (κ3) is 6.57. The Balaban J connectivity index is 2.29. The molecule has 1 rings (SSSR count). The van der Waals surface area contributed by atoms with Crippen LogP contribution in [0.5, 0.6) is 0 Å². The highest BCUT2D eigenvalue weighted by Crippen LogP contribution is 2.15. The van der Waals surface area contributed by atoms with Gasteiger partial charge in [-0.3, -0.25) is 4.99 Å². The quantitative estimate of drug-likeness (QED) is 0.436. The largest absolute Gasteiger partial charge is 0.382 e. The summed E-state index contributed by atoms with van der Waals surface area (Å²) >= 11 is 0. The van der Waals surface area contributed by atoms with Crippen LogP contribution in [0.4, 0.5) is 0 Å². The Labute approximate surface area is 122 Å². The summed E-state index contributed by atoms with van der Waals surface area (Å²) in [5.74, 6) is 0.889. The number of nitrogens with zero attached hydrogens (tertiary/aromatic N) is 1. The Morgan fingerprint density at radius 1 is 1.35 bits per heavy atom. The summed E-state index contributed by atoms with van der Waals surface area (Å²) in [5, 5.41) is 3.11. The second kappa shape index (κ2) is 9.37. The second-order valence-electron chi connectivity index (χ2n) is 5.01. The van der Waals surface area contributed by atoms with Crippen LogP contribution in [-0.4, -0.2) is 32.3 Å². The van der Waals surface area contributed by atoms with E-state index in [1.165, 1.54) is 11.1 Å². The molecular formula is C16H27N3O. The first-order valence-electron chi connectivity index (χ1n) is 7.31. The van der Waals surface area contributed by atoms with Gasteiger partial charge in [0, 0.05) is 32.2 Å². The van der Waals surface area contributed by atoms with Crippen LogP contribution in [0.15, 0.2) is 29.3 Å². The molecule has 1 aromatic carbocycles. The normalized spacial score (nSPS) is 13.2. The third-order valence-electron chi connectivity index (χ3n) is 3.16. The van der Waals surface area contributed by atoms with Crippen molar-refractivity contribution in [3.05, 3.63) is 35.4 Å². The van der Waals surface area contributed by atoms with E-state index < -0.39 is 0 Å². The fraction of sp³-hybridized carbons (Fsp3) is 0.562. The molecule has 1 aromatic rings. The Morgan fingerprint density at radius 3 is 2.70 bits per heavy atom. The zero-order valence-corrected chi connectivity index (χ0v) is 12.9. The van der Waals surface area contributed by atoms with Crippen molar-refractivity contribution in [2.75, 3.05) is 26.3 Å². The molecule has 0 radical (unpaired) electrons. The SMILES string of the molecule is CCOCCCNC(N)=NCC(C)c1ccc(C)cc1. The van der Waals surface area contributed by atoms with Gasteiger partial charge in [0.25, 0.3) is 0 Å². The van der Waals surface area contributed by atoms with Crippen molar-refractivity contribution >= 4 is 5.96 Å². The molecule has 0 aliphatic rings. The van der Waals surface area contributed by atoms with Gasteiger partial charge in [0.15, 0.2) is 5.96 Å². The summed E-state index contributed by atoms with van der Waals surface area (Å²) in [7, 11) is 0. The molecule has 0 saturated carbocycles. The fourth-order valence-corrected chi connectivity index (χ4v) is 1.83. The summed E-state index contributed by atoms with van der Waals surface area (Å²) in [5.41, 5.74) is 8.41. The lowest BCUT2D eigenvalue weighted by molar-refractivity contribution is 0.145.